The van der Waals surface area contributed by atoms with Crippen molar-refractivity contribution in [2.24, 2.45) is 11.7 Å². The van der Waals surface area contributed by atoms with Crippen LogP contribution in [0.4, 0.5) is 0 Å². The summed E-state index contributed by atoms with van der Waals surface area (Å²) in [6, 6.07) is 8.25. The van der Waals surface area contributed by atoms with Crippen molar-refractivity contribution in [1.29, 1.82) is 0 Å². The molecule has 21 heavy (non-hydrogen) atoms. The molecule has 1 heterocycles. The Morgan fingerprint density at radius 1 is 1.24 bits per heavy atom. The maximum absolute atomic E-state index is 5.89. The molecule has 1 aromatic carbocycles. The summed E-state index contributed by atoms with van der Waals surface area (Å²) in [5.41, 5.74) is 6.89. The van der Waals surface area contributed by atoms with Crippen molar-refractivity contribution >= 4 is 11.8 Å². The number of hydrogen-bond acceptors (Lipinski definition) is 5. The number of hydrogen-bond donors (Lipinski definition) is 1. The summed E-state index contributed by atoms with van der Waals surface area (Å²) >= 11 is 1.73. The molecule has 2 atom stereocenters. The third kappa shape index (κ3) is 3.14. The van der Waals surface area contributed by atoms with Crippen LogP contribution in [0.15, 0.2) is 33.7 Å². The first kappa shape index (κ1) is 14.6. The van der Waals surface area contributed by atoms with Crippen molar-refractivity contribution in [3.63, 3.8) is 0 Å². The van der Waals surface area contributed by atoms with E-state index in [2.05, 4.69) is 28.5 Å². The van der Waals surface area contributed by atoms with Gasteiger partial charge in [0, 0.05) is 16.4 Å². The van der Waals surface area contributed by atoms with E-state index in [0.29, 0.717) is 24.2 Å². The highest BCUT2D eigenvalue weighted by molar-refractivity contribution is 7.98. The molecule has 0 amide bonds. The standard InChI is InChI=1S/C16H21N3OS/c1-21-13-8-6-11(7-9-13)15-18-16(20-19-15)14-5-3-2-4-12(14)10-17/h6-9,12,14H,2-5,10,17H2,1H3. The van der Waals surface area contributed by atoms with Gasteiger partial charge in [0.15, 0.2) is 0 Å². The fourth-order valence-electron chi connectivity index (χ4n) is 3.06. The van der Waals surface area contributed by atoms with Gasteiger partial charge in [0.1, 0.15) is 0 Å². The van der Waals surface area contributed by atoms with Gasteiger partial charge >= 0.3 is 0 Å². The summed E-state index contributed by atoms with van der Waals surface area (Å²) in [6.07, 6.45) is 6.82. The molecule has 0 bridgehead atoms. The monoisotopic (exact) mass is 303 g/mol. The van der Waals surface area contributed by atoms with Gasteiger partial charge in [-0.25, -0.2) is 0 Å². The van der Waals surface area contributed by atoms with E-state index < -0.39 is 0 Å². The van der Waals surface area contributed by atoms with Crippen LogP contribution in [0.3, 0.4) is 0 Å². The third-order valence-corrected chi connectivity index (χ3v) is 5.06. The van der Waals surface area contributed by atoms with Crippen LogP contribution in [0, 0.1) is 5.92 Å². The fraction of sp³-hybridized carbons (Fsp3) is 0.500. The lowest BCUT2D eigenvalue weighted by molar-refractivity contribution is 0.249. The SMILES string of the molecule is CSc1ccc(-c2noc(C3CCCCC3CN)n2)cc1. The van der Waals surface area contributed by atoms with Crippen molar-refractivity contribution in [3.8, 4) is 11.4 Å². The van der Waals surface area contributed by atoms with Gasteiger partial charge in [-0.2, -0.15) is 4.98 Å². The first-order chi connectivity index (χ1) is 10.3. The van der Waals surface area contributed by atoms with Crippen LogP contribution < -0.4 is 5.73 Å². The first-order valence-electron chi connectivity index (χ1n) is 7.50. The first-order valence-corrected chi connectivity index (χ1v) is 8.72. The predicted molar refractivity (Wildman–Crippen MR) is 85.3 cm³/mol. The average Bonchev–Trinajstić information content (AvgIpc) is 3.04. The van der Waals surface area contributed by atoms with Crippen molar-refractivity contribution in [2.45, 2.75) is 36.5 Å². The van der Waals surface area contributed by atoms with E-state index in [0.717, 1.165) is 17.9 Å². The van der Waals surface area contributed by atoms with E-state index in [1.54, 1.807) is 11.8 Å². The summed E-state index contributed by atoms with van der Waals surface area (Å²) < 4.78 is 5.53. The van der Waals surface area contributed by atoms with Crippen molar-refractivity contribution in [2.75, 3.05) is 12.8 Å². The second-order valence-electron chi connectivity index (χ2n) is 5.57. The van der Waals surface area contributed by atoms with Crippen LogP contribution >= 0.6 is 11.8 Å². The normalized spacial score (nSPS) is 22.4. The molecular weight excluding hydrogens is 282 g/mol. The molecule has 1 aliphatic carbocycles. The molecule has 112 valence electrons. The molecule has 2 unspecified atom stereocenters. The molecule has 0 spiro atoms. The largest absolute Gasteiger partial charge is 0.339 e. The molecule has 0 aliphatic heterocycles. The summed E-state index contributed by atoms with van der Waals surface area (Å²) in [7, 11) is 0. The summed E-state index contributed by atoms with van der Waals surface area (Å²) in [4.78, 5) is 5.85. The quantitative estimate of drug-likeness (QED) is 0.873. The highest BCUT2D eigenvalue weighted by Crippen LogP contribution is 2.37. The molecule has 0 radical (unpaired) electrons. The zero-order valence-corrected chi connectivity index (χ0v) is 13.1. The molecule has 2 N–H and O–H groups in total. The van der Waals surface area contributed by atoms with Gasteiger partial charge in [-0.3, -0.25) is 0 Å². The minimum absolute atomic E-state index is 0.329. The highest BCUT2D eigenvalue weighted by Gasteiger charge is 2.30. The molecule has 3 rings (SSSR count). The molecule has 1 saturated carbocycles. The zero-order chi connectivity index (χ0) is 14.7. The molecule has 0 saturated heterocycles. The number of thioether (sulfide) groups is 1. The molecule has 1 aliphatic rings. The smallest absolute Gasteiger partial charge is 0.230 e. The number of aromatic nitrogens is 2. The van der Waals surface area contributed by atoms with Crippen molar-refractivity contribution in [1.82, 2.24) is 10.1 Å². The van der Waals surface area contributed by atoms with E-state index >= 15 is 0 Å². The van der Waals surface area contributed by atoms with E-state index in [1.807, 2.05) is 12.1 Å². The Bertz CT molecular complexity index is 581. The molecule has 5 heteroatoms. The van der Waals surface area contributed by atoms with E-state index in [9.17, 15) is 0 Å². The second kappa shape index (κ2) is 6.62. The molecule has 1 fully saturated rings. The van der Waals surface area contributed by atoms with Gasteiger partial charge in [-0.1, -0.05) is 18.0 Å². The Morgan fingerprint density at radius 3 is 2.71 bits per heavy atom. The maximum atomic E-state index is 5.89. The van der Waals surface area contributed by atoms with Crippen LogP contribution in [-0.2, 0) is 0 Å². The van der Waals surface area contributed by atoms with E-state index in [-0.39, 0.29) is 0 Å². The molecule has 2 aromatic rings. The zero-order valence-electron chi connectivity index (χ0n) is 12.3. The topological polar surface area (TPSA) is 64.9 Å². The van der Waals surface area contributed by atoms with Crippen molar-refractivity contribution in [3.05, 3.63) is 30.2 Å². The second-order valence-corrected chi connectivity index (χ2v) is 6.45. The lowest BCUT2D eigenvalue weighted by Crippen LogP contribution is -2.25. The minimum atomic E-state index is 0.329. The Balaban J connectivity index is 1.81. The van der Waals surface area contributed by atoms with Gasteiger partial charge < -0.3 is 10.3 Å². The van der Waals surface area contributed by atoms with Crippen LogP contribution in [0.1, 0.15) is 37.5 Å². The number of benzene rings is 1. The minimum Gasteiger partial charge on any atom is -0.339 e. The summed E-state index contributed by atoms with van der Waals surface area (Å²) in [5, 5.41) is 4.15. The number of nitrogens with two attached hydrogens (primary N) is 1. The summed E-state index contributed by atoms with van der Waals surface area (Å²) in [6.45, 7) is 0.699. The Hall–Kier alpha value is -1.33. The van der Waals surface area contributed by atoms with Gasteiger partial charge in [0.2, 0.25) is 11.7 Å². The lowest BCUT2D eigenvalue weighted by Gasteiger charge is -2.27. The van der Waals surface area contributed by atoms with Crippen LogP contribution in [0.2, 0.25) is 0 Å². The van der Waals surface area contributed by atoms with Crippen LogP contribution in [0.5, 0.6) is 0 Å². The van der Waals surface area contributed by atoms with Gasteiger partial charge in [-0.15, -0.1) is 11.8 Å². The Morgan fingerprint density at radius 2 is 2.00 bits per heavy atom. The predicted octanol–water partition coefficient (Wildman–Crippen LogP) is 3.69. The lowest BCUT2D eigenvalue weighted by atomic mass is 9.79. The number of nitrogens with zero attached hydrogens (tertiary/aromatic N) is 2. The van der Waals surface area contributed by atoms with E-state index in [1.165, 1.54) is 24.2 Å². The highest BCUT2D eigenvalue weighted by atomic mass is 32.2. The van der Waals surface area contributed by atoms with Gasteiger partial charge in [0.25, 0.3) is 0 Å². The van der Waals surface area contributed by atoms with Gasteiger partial charge in [0.05, 0.1) is 0 Å². The average molecular weight is 303 g/mol. The van der Waals surface area contributed by atoms with Gasteiger partial charge in [-0.05, 0) is 55.8 Å². The van der Waals surface area contributed by atoms with Crippen LogP contribution in [0.25, 0.3) is 11.4 Å². The third-order valence-electron chi connectivity index (χ3n) is 4.32. The Kier molecular flexibility index (Phi) is 4.60. The summed E-state index contributed by atoms with van der Waals surface area (Å²) in [5.74, 6) is 2.24. The molecular formula is C16H21N3OS. The Labute approximate surface area is 129 Å². The van der Waals surface area contributed by atoms with E-state index in [4.69, 9.17) is 10.3 Å². The van der Waals surface area contributed by atoms with Crippen molar-refractivity contribution < 1.29 is 4.52 Å². The number of rotatable bonds is 4. The molecule has 1 aromatic heterocycles. The maximum Gasteiger partial charge on any atom is 0.230 e. The van der Waals surface area contributed by atoms with Crippen LogP contribution in [-0.4, -0.2) is 22.9 Å². The fourth-order valence-corrected chi connectivity index (χ4v) is 3.47. The molecule has 4 nitrogen and oxygen atoms in total.